The molecule has 0 heterocycles. The summed E-state index contributed by atoms with van der Waals surface area (Å²) in [5.41, 5.74) is 14.7. The lowest BCUT2D eigenvalue weighted by Gasteiger charge is -2.40. The van der Waals surface area contributed by atoms with Crippen molar-refractivity contribution in [3.8, 4) is 44.5 Å². The molecule has 7 aromatic carbocycles. The van der Waals surface area contributed by atoms with Crippen molar-refractivity contribution < 1.29 is 4.79 Å². The molecule has 1 spiro atoms. The van der Waals surface area contributed by atoms with E-state index in [2.05, 4.69) is 152 Å². The summed E-state index contributed by atoms with van der Waals surface area (Å²) in [7, 11) is 0. The lowest BCUT2D eigenvalue weighted by Crippen LogP contribution is -2.36. The second-order valence-electron chi connectivity index (χ2n) is 12.0. The molecule has 0 aliphatic heterocycles. The molecule has 7 aromatic rings. The third kappa shape index (κ3) is 3.71. The molecule has 2 aliphatic carbocycles. The van der Waals surface area contributed by atoms with E-state index in [0.717, 1.165) is 44.5 Å². The average molecular weight is 573 g/mol. The molecule has 1 heteroatoms. The predicted octanol–water partition coefficient (Wildman–Crippen LogP) is 10.6. The highest BCUT2D eigenvalue weighted by Crippen LogP contribution is 2.59. The molecule has 0 aromatic heterocycles. The van der Waals surface area contributed by atoms with E-state index >= 15 is 0 Å². The molecular formula is C44H28O. The van der Waals surface area contributed by atoms with Crippen LogP contribution in [0.1, 0.15) is 38.2 Å². The molecule has 0 atom stereocenters. The monoisotopic (exact) mass is 572 g/mol. The van der Waals surface area contributed by atoms with Crippen molar-refractivity contribution in [1.82, 2.24) is 0 Å². The van der Waals surface area contributed by atoms with E-state index in [1.807, 2.05) is 18.2 Å². The van der Waals surface area contributed by atoms with Gasteiger partial charge in [0.2, 0.25) is 0 Å². The van der Waals surface area contributed by atoms with Crippen LogP contribution in [0.4, 0.5) is 0 Å². The molecule has 0 amide bonds. The van der Waals surface area contributed by atoms with Crippen LogP contribution in [0.5, 0.6) is 0 Å². The van der Waals surface area contributed by atoms with Gasteiger partial charge in [0.25, 0.3) is 0 Å². The maximum Gasteiger partial charge on any atom is 0.193 e. The van der Waals surface area contributed by atoms with E-state index in [1.54, 1.807) is 0 Å². The van der Waals surface area contributed by atoms with E-state index in [4.69, 9.17) is 0 Å². The quantitative estimate of drug-likeness (QED) is 0.206. The third-order valence-corrected chi connectivity index (χ3v) is 9.70. The van der Waals surface area contributed by atoms with Crippen molar-refractivity contribution in [3.63, 3.8) is 0 Å². The Balaban J connectivity index is 1.35. The summed E-state index contributed by atoms with van der Waals surface area (Å²) in [5, 5.41) is 0. The van der Waals surface area contributed by atoms with Gasteiger partial charge in [-0.05, 0) is 85.0 Å². The van der Waals surface area contributed by atoms with Crippen LogP contribution in [0.2, 0.25) is 0 Å². The first-order valence-corrected chi connectivity index (χ1v) is 15.5. The zero-order chi connectivity index (χ0) is 30.0. The van der Waals surface area contributed by atoms with Crippen LogP contribution in [0, 0.1) is 0 Å². The van der Waals surface area contributed by atoms with Crippen molar-refractivity contribution in [2.75, 3.05) is 0 Å². The van der Waals surface area contributed by atoms with Crippen molar-refractivity contribution in [1.29, 1.82) is 0 Å². The summed E-state index contributed by atoms with van der Waals surface area (Å²) in [4.78, 5) is 14.4. The standard InChI is InChI=1S/C44H28O/c45-43-37-24-22-33(30-14-5-2-6-15-30)27-41(37)44(39-20-9-7-18-35(39)36-19-8-10-21-40(36)44)42-28-34(23-25-38(42)43)32-17-11-16-31(26-32)29-12-3-1-4-13-29/h1-28H. The summed E-state index contributed by atoms with van der Waals surface area (Å²) >= 11 is 0. The predicted molar refractivity (Wildman–Crippen MR) is 183 cm³/mol. The lowest BCUT2D eigenvalue weighted by atomic mass is 9.60. The van der Waals surface area contributed by atoms with Crippen LogP contribution < -0.4 is 0 Å². The minimum atomic E-state index is -0.635. The molecule has 0 saturated carbocycles. The zero-order valence-corrected chi connectivity index (χ0v) is 24.6. The van der Waals surface area contributed by atoms with Gasteiger partial charge >= 0.3 is 0 Å². The Bertz CT molecular complexity index is 2230. The molecule has 0 saturated heterocycles. The second-order valence-corrected chi connectivity index (χ2v) is 12.0. The number of benzene rings is 7. The minimum Gasteiger partial charge on any atom is -0.289 e. The molecule has 0 radical (unpaired) electrons. The van der Waals surface area contributed by atoms with Crippen LogP contribution in [0.3, 0.4) is 0 Å². The smallest absolute Gasteiger partial charge is 0.193 e. The largest absolute Gasteiger partial charge is 0.289 e. The van der Waals surface area contributed by atoms with Gasteiger partial charge in [-0.3, -0.25) is 4.79 Å². The fraction of sp³-hybridized carbons (Fsp3) is 0.0227. The summed E-state index contributed by atoms with van der Waals surface area (Å²) in [6.07, 6.45) is 0. The highest BCUT2D eigenvalue weighted by Gasteiger charge is 2.51. The molecule has 0 fully saturated rings. The molecule has 0 bridgehead atoms. The van der Waals surface area contributed by atoms with E-state index < -0.39 is 5.41 Å². The zero-order valence-electron chi connectivity index (χ0n) is 24.6. The van der Waals surface area contributed by atoms with Crippen molar-refractivity contribution >= 4 is 5.78 Å². The van der Waals surface area contributed by atoms with Gasteiger partial charge in [-0.15, -0.1) is 0 Å². The molecule has 2 aliphatic rings. The number of hydrogen-bond donors (Lipinski definition) is 0. The number of carbonyl (C=O) groups excluding carboxylic acids is 1. The lowest BCUT2D eigenvalue weighted by molar-refractivity contribution is 0.103. The number of hydrogen-bond acceptors (Lipinski definition) is 1. The van der Waals surface area contributed by atoms with Crippen LogP contribution in [0.25, 0.3) is 44.5 Å². The first kappa shape index (κ1) is 25.7. The normalized spacial score (nSPS) is 13.6. The van der Waals surface area contributed by atoms with E-state index in [0.29, 0.717) is 0 Å². The second kappa shape index (κ2) is 9.87. The van der Waals surface area contributed by atoms with Gasteiger partial charge in [0.1, 0.15) is 0 Å². The number of carbonyl (C=O) groups is 1. The summed E-state index contributed by atoms with van der Waals surface area (Å²) in [6, 6.07) is 60.0. The maximum absolute atomic E-state index is 14.4. The Morgan fingerprint density at radius 3 is 1.22 bits per heavy atom. The van der Waals surface area contributed by atoms with E-state index in [1.165, 1.54) is 33.4 Å². The Morgan fingerprint density at radius 1 is 0.289 bits per heavy atom. The van der Waals surface area contributed by atoms with Crippen LogP contribution >= 0.6 is 0 Å². The molecule has 210 valence electrons. The summed E-state index contributed by atoms with van der Waals surface area (Å²) in [6.45, 7) is 0. The number of fused-ring (bicyclic) bond motifs is 9. The highest BCUT2D eigenvalue weighted by molar-refractivity contribution is 6.15. The first-order chi connectivity index (χ1) is 22.2. The third-order valence-electron chi connectivity index (χ3n) is 9.70. The Kier molecular flexibility index (Phi) is 5.63. The van der Waals surface area contributed by atoms with E-state index in [9.17, 15) is 4.79 Å². The summed E-state index contributed by atoms with van der Waals surface area (Å²) in [5.74, 6) is 0.0803. The Morgan fingerprint density at radius 2 is 0.689 bits per heavy atom. The number of rotatable bonds is 3. The van der Waals surface area contributed by atoms with Crippen LogP contribution in [0.15, 0.2) is 170 Å². The molecule has 0 N–H and O–H groups in total. The number of ketones is 1. The van der Waals surface area contributed by atoms with Gasteiger partial charge < -0.3 is 0 Å². The first-order valence-electron chi connectivity index (χ1n) is 15.5. The molecule has 1 nitrogen and oxygen atoms in total. The molecular weight excluding hydrogens is 544 g/mol. The van der Waals surface area contributed by atoms with Crippen molar-refractivity contribution in [2.45, 2.75) is 5.41 Å². The molecule has 9 rings (SSSR count). The van der Waals surface area contributed by atoms with Gasteiger partial charge in [-0.1, -0.05) is 152 Å². The van der Waals surface area contributed by atoms with Gasteiger partial charge in [0.05, 0.1) is 5.41 Å². The summed E-state index contributed by atoms with van der Waals surface area (Å²) < 4.78 is 0. The Labute approximate surface area is 263 Å². The van der Waals surface area contributed by atoms with E-state index in [-0.39, 0.29) is 5.78 Å². The fourth-order valence-corrected chi connectivity index (χ4v) is 7.71. The average Bonchev–Trinajstić information content (AvgIpc) is 3.42. The fourth-order valence-electron chi connectivity index (χ4n) is 7.71. The van der Waals surface area contributed by atoms with Crippen LogP contribution in [-0.4, -0.2) is 5.78 Å². The minimum absolute atomic E-state index is 0.0803. The highest BCUT2D eigenvalue weighted by atomic mass is 16.1. The topological polar surface area (TPSA) is 17.1 Å². The van der Waals surface area contributed by atoms with Gasteiger partial charge in [-0.25, -0.2) is 0 Å². The maximum atomic E-state index is 14.4. The van der Waals surface area contributed by atoms with Gasteiger partial charge in [0.15, 0.2) is 5.78 Å². The molecule has 45 heavy (non-hydrogen) atoms. The van der Waals surface area contributed by atoms with Crippen LogP contribution in [-0.2, 0) is 5.41 Å². The van der Waals surface area contributed by atoms with Crippen molar-refractivity contribution in [3.05, 3.63) is 203 Å². The van der Waals surface area contributed by atoms with Gasteiger partial charge in [0, 0.05) is 11.1 Å². The van der Waals surface area contributed by atoms with Crippen molar-refractivity contribution in [2.24, 2.45) is 0 Å². The Hall–Kier alpha value is -5.79. The molecule has 0 unspecified atom stereocenters. The van der Waals surface area contributed by atoms with Gasteiger partial charge in [-0.2, -0.15) is 0 Å². The SMILES string of the molecule is O=C1c2ccc(-c3ccccc3)cc2C2(c3cc(-c4cccc(-c5ccccc5)c4)ccc31)c1ccccc1-c1ccccc12.